The predicted molar refractivity (Wildman–Crippen MR) is 91.0 cm³/mol. The number of hydrogen-bond donors (Lipinski definition) is 1. The lowest BCUT2D eigenvalue weighted by Gasteiger charge is -2.26. The number of nitrogens with zero attached hydrogens (tertiary/aromatic N) is 1. The van der Waals surface area contributed by atoms with E-state index in [0.717, 1.165) is 0 Å². The quantitative estimate of drug-likeness (QED) is 0.636. The second kappa shape index (κ2) is 8.47. The van der Waals surface area contributed by atoms with Gasteiger partial charge in [0.2, 0.25) is 10.0 Å². The fraction of sp³-hybridized carbons (Fsp3) is 0.500. The van der Waals surface area contributed by atoms with E-state index >= 15 is 0 Å². The van der Waals surface area contributed by atoms with Crippen molar-refractivity contribution in [2.45, 2.75) is 24.3 Å². The summed E-state index contributed by atoms with van der Waals surface area (Å²) in [5.41, 5.74) is 5.47. The molecular formula is C16H22N2O7S. The largest absolute Gasteiger partial charge is 0.495 e. The molecule has 0 aromatic heterocycles. The highest BCUT2D eigenvalue weighted by atomic mass is 32.2. The average Bonchev–Trinajstić information content (AvgIpc) is 2.62. The van der Waals surface area contributed by atoms with Gasteiger partial charge in [0.15, 0.2) is 6.10 Å². The van der Waals surface area contributed by atoms with Crippen LogP contribution in [0.25, 0.3) is 0 Å². The van der Waals surface area contributed by atoms with E-state index in [1.165, 1.54) is 30.5 Å². The van der Waals surface area contributed by atoms with Crippen LogP contribution in [0.2, 0.25) is 0 Å². The number of ether oxygens (including phenoxy) is 3. The number of esters is 1. The molecule has 0 spiro atoms. The molecule has 1 aromatic carbocycles. The molecule has 2 rings (SSSR count). The average molecular weight is 386 g/mol. The summed E-state index contributed by atoms with van der Waals surface area (Å²) in [5, 5.41) is 0. The van der Waals surface area contributed by atoms with Crippen LogP contribution < -0.4 is 10.5 Å². The minimum Gasteiger partial charge on any atom is -0.495 e. The zero-order valence-electron chi connectivity index (χ0n) is 14.6. The van der Waals surface area contributed by atoms with Crippen molar-refractivity contribution in [3.63, 3.8) is 0 Å². The molecular weight excluding hydrogens is 364 g/mol. The Labute approximate surface area is 152 Å². The number of benzene rings is 1. The molecule has 144 valence electrons. The molecule has 1 aliphatic heterocycles. The maximum absolute atomic E-state index is 12.9. The Morgan fingerprint density at radius 3 is 2.54 bits per heavy atom. The van der Waals surface area contributed by atoms with E-state index in [2.05, 4.69) is 0 Å². The highest BCUT2D eigenvalue weighted by molar-refractivity contribution is 7.89. The van der Waals surface area contributed by atoms with Crippen LogP contribution in [0.3, 0.4) is 0 Å². The standard InChI is InChI=1S/C16H22N2O7S/c1-11(16(17)20)25-15(19)10-12-3-4-13(23-2)14(9-12)26(21,22)18-5-7-24-8-6-18/h3-4,9,11H,5-8,10H2,1-2H3,(H2,17,20)/t11-/m1/s1. The highest BCUT2D eigenvalue weighted by Gasteiger charge is 2.29. The van der Waals surface area contributed by atoms with Crippen LogP contribution in [0.1, 0.15) is 12.5 Å². The number of amides is 1. The first-order valence-corrected chi connectivity index (χ1v) is 9.43. The minimum atomic E-state index is -3.80. The van der Waals surface area contributed by atoms with Crippen LogP contribution >= 0.6 is 0 Å². The second-order valence-corrected chi connectivity index (χ2v) is 7.62. The fourth-order valence-electron chi connectivity index (χ4n) is 2.42. The third kappa shape index (κ3) is 4.71. The van der Waals surface area contributed by atoms with Gasteiger partial charge in [-0.15, -0.1) is 0 Å². The first-order valence-electron chi connectivity index (χ1n) is 7.99. The first kappa shape index (κ1) is 20.1. The van der Waals surface area contributed by atoms with Crippen molar-refractivity contribution < 1.29 is 32.2 Å². The summed E-state index contributed by atoms with van der Waals surface area (Å²) in [6, 6.07) is 4.42. The van der Waals surface area contributed by atoms with Gasteiger partial charge in [-0.05, 0) is 24.6 Å². The van der Waals surface area contributed by atoms with Crippen LogP contribution in [-0.4, -0.2) is 64.1 Å². The van der Waals surface area contributed by atoms with Gasteiger partial charge in [-0.3, -0.25) is 9.59 Å². The molecule has 1 amide bonds. The van der Waals surface area contributed by atoms with Crippen molar-refractivity contribution in [1.82, 2.24) is 4.31 Å². The van der Waals surface area contributed by atoms with Crippen LogP contribution in [0, 0.1) is 0 Å². The fourth-order valence-corrected chi connectivity index (χ4v) is 4.04. The number of primary amides is 1. The van der Waals surface area contributed by atoms with Gasteiger partial charge in [0.1, 0.15) is 10.6 Å². The number of morpholine rings is 1. The third-order valence-electron chi connectivity index (χ3n) is 3.87. The number of carbonyl (C=O) groups excluding carboxylic acids is 2. The molecule has 0 aliphatic carbocycles. The van der Waals surface area contributed by atoms with E-state index in [1.54, 1.807) is 6.07 Å². The molecule has 9 nitrogen and oxygen atoms in total. The summed E-state index contributed by atoms with van der Waals surface area (Å²) in [5.74, 6) is -1.26. The van der Waals surface area contributed by atoms with Crippen LogP contribution in [0.4, 0.5) is 0 Å². The van der Waals surface area contributed by atoms with Gasteiger partial charge < -0.3 is 19.9 Å². The summed E-state index contributed by atoms with van der Waals surface area (Å²) in [6.07, 6.45) is -1.26. The molecule has 0 radical (unpaired) electrons. The molecule has 1 heterocycles. The number of sulfonamides is 1. The Morgan fingerprint density at radius 2 is 1.96 bits per heavy atom. The van der Waals surface area contributed by atoms with Crippen molar-refractivity contribution in [3.05, 3.63) is 23.8 Å². The molecule has 26 heavy (non-hydrogen) atoms. The van der Waals surface area contributed by atoms with Crippen molar-refractivity contribution in [3.8, 4) is 5.75 Å². The Morgan fingerprint density at radius 1 is 1.31 bits per heavy atom. The number of carbonyl (C=O) groups is 2. The Balaban J connectivity index is 2.25. The zero-order valence-corrected chi connectivity index (χ0v) is 15.5. The molecule has 0 unspecified atom stereocenters. The van der Waals surface area contributed by atoms with Gasteiger partial charge in [-0.1, -0.05) is 6.07 Å². The van der Waals surface area contributed by atoms with Gasteiger partial charge in [-0.25, -0.2) is 8.42 Å². The number of methoxy groups -OCH3 is 1. The monoisotopic (exact) mass is 386 g/mol. The first-order chi connectivity index (χ1) is 12.3. The van der Waals surface area contributed by atoms with Gasteiger partial charge in [0, 0.05) is 13.1 Å². The van der Waals surface area contributed by atoms with E-state index in [9.17, 15) is 18.0 Å². The minimum absolute atomic E-state index is 0.0323. The van der Waals surface area contributed by atoms with Gasteiger partial charge in [0.25, 0.3) is 5.91 Å². The molecule has 1 atom stereocenters. The molecule has 0 bridgehead atoms. The number of nitrogens with two attached hydrogens (primary N) is 1. The molecule has 2 N–H and O–H groups in total. The SMILES string of the molecule is COc1ccc(CC(=O)O[C@H](C)C(N)=O)cc1S(=O)(=O)N1CCOCC1. The lowest BCUT2D eigenvalue weighted by molar-refractivity contribution is -0.153. The summed E-state index contributed by atoms with van der Waals surface area (Å²) in [6.45, 7) is 2.49. The van der Waals surface area contributed by atoms with Gasteiger partial charge in [0.05, 0.1) is 26.7 Å². The predicted octanol–water partition coefficient (Wildman–Crippen LogP) is -0.324. The van der Waals surface area contributed by atoms with E-state index in [0.29, 0.717) is 18.8 Å². The maximum Gasteiger partial charge on any atom is 0.311 e. The molecule has 1 fully saturated rings. The van der Waals surface area contributed by atoms with Crippen molar-refractivity contribution in [2.75, 3.05) is 33.4 Å². The molecule has 1 aliphatic rings. The number of hydrogen-bond acceptors (Lipinski definition) is 7. The lowest BCUT2D eigenvalue weighted by atomic mass is 10.1. The van der Waals surface area contributed by atoms with Gasteiger partial charge >= 0.3 is 5.97 Å². The summed E-state index contributed by atoms with van der Waals surface area (Å²) in [4.78, 5) is 22.8. The molecule has 0 saturated carbocycles. The van der Waals surface area contributed by atoms with E-state index in [1.807, 2.05) is 0 Å². The highest BCUT2D eigenvalue weighted by Crippen LogP contribution is 2.28. The smallest absolute Gasteiger partial charge is 0.311 e. The zero-order chi connectivity index (χ0) is 19.3. The Bertz CT molecular complexity index is 773. The topological polar surface area (TPSA) is 125 Å². The van der Waals surface area contributed by atoms with Gasteiger partial charge in [-0.2, -0.15) is 4.31 Å². The summed E-state index contributed by atoms with van der Waals surface area (Å²) < 4.78 is 42.3. The second-order valence-electron chi connectivity index (χ2n) is 5.71. The van der Waals surface area contributed by atoms with Crippen LogP contribution in [0.15, 0.2) is 23.1 Å². The molecule has 10 heteroatoms. The Hall–Kier alpha value is -2.17. The third-order valence-corrected chi connectivity index (χ3v) is 5.79. The van der Waals surface area contributed by atoms with Crippen LogP contribution in [-0.2, 0) is 35.5 Å². The Kier molecular flexibility index (Phi) is 6.57. The van der Waals surface area contributed by atoms with E-state index in [4.69, 9.17) is 19.9 Å². The van der Waals surface area contributed by atoms with Crippen molar-refractivity contribution in [1.29, 1.82) is 0 Å². The van der Waals surface area contributed by atoms with Crippen LogP contribution in [0.5, 0.6) is 5.75 Å². The van der Waals surface area contributed by atoms with Crippen molar-refractivity contribution in [2.24, 2.45) is 5.73 Å². The molecule has 1 saturated heterocycles. The molecule has 1 aromatic rings. The number of rotatable bonds is 7. The summed E-state index contributed by atoms with van der Waals surface area (Å²) >= 11 is 0. The maximum atomic E-state index is 12.9. The van der Waals surface area contributed by atoms with E-state index in [-0.39, 0.29) is 30.2 Å². The van der Waals surface area contributed by atoms with Crippen molar-refractivity contribution >= 4 is 21.9 Å². The normalized spacial score (nSPS) is 16.7. The summed E-state index contributed by atoms with van der Waals surface area (Å²) in [7, 11) is -2.43. The lowest BCUT2D eigenvalue weighted by Crippen LogP contribution is -2.40. The van der Waals surface area contributed by atoms with E-state index < -0.39 is 28.0 Å².